The van der Waals surface area contributed by atoms with Crippen LogP contribution in [-0.2, 0) is 19.6 Å². The molecule has 1 amide bonds. The summed E-state index contributed by atoms with van der Waals surface area (Å²) < 4.78 is 45.1. The van der Waals surface area contributed by atoms with Gasteiger partial charge in [-0.2, -0.15) is 0 Å². The maximum Gasteiger partial charge on any atom is 0.267 e. The fraction of sp³-hybridized carbons (Fsp3) is 0.296. The number of morpholine rings is 1. The van der Waals surface area contributed by atoms with Crippen molar-refractivity contribution in [2.24, 2.45) is 0 Å². The number of rotatable bonds is 6. The Morgan fingerprint density at radius 1 is 1.00 bits per heavy atom. The van der Waals surface area contributed by atoms with Crippen molar-refractivity contribution in [1.29, 1.82) is 0 Å². The molecule has 1 fully saturated rings. The minimum absolute atomic E-state index is 0.0977. The first-order valence-corrected chi connectivity index (χ1v) is 13.5. The van der Waals surface area contributed by atoms with Crippen molar-refractivity contribution in [2.45, 2.75) is 17.9 Å². The third kappa shape index (κ3) is 5.21. The van der Waals surface area contributed by atoms with Crippen molar-refractivity contribution in [2.75, 3.05) is 54.5 Å². The molecule has 0 radical (unpaired) electrons. The summed E-state index contributed by atoms with van der Waals surface area (Å²) in [6.45, 7) is 4.72. The number of aryl methyl sites for hydroxylation is 1. The molecule has 0 aliphatic carbocycles. The second kappa shape index (κ2) is 10.3. The van der Waals surface area contributed by atoms with Gasteiger partial charge >= 0.3 is 0 Å². The predicted octanol–water partition coefficient (Wildman–Crippen LogP) is 3.44. The van der Waals surface area contributed by atoms with Crippen LogP contribution in [-0.4, -0.2) is 60.4 Å². The van der Waals surface area contributed by atoms with E-state index in [1.165, 1.54) is 23.5 Å². The van der Waals surface area contributed by atoms with Crippen LogP contribution >= 0.6 is 0 Å². The monoisotopic (exact) mass is 523 g/mol. The van der Waals surface area contributed by atoms with Gasteiger partial charge in [-0.05, 0) is 73.2 Å². The number of nitrogens with one attached hydrogen (secondary N) is 1. The largest absolute Gasteiger partial charge is 0.497 e. The molecule has 1 N–H and O–H groups in total. The van der Waals surface area contributed by atoms with Gasteiger partial charge < -0.3 is 24.4 Å². The highest BCUT2D eigenvalue weighted by atomic mass is 32.2. The number of carbonyl (C=O) groups excluding carboxylic acids is 1. The molecule has 1 atom stereocenters. The third-order valence-corrected chi connectivity index (χ3v) is 8.23. The Labute approximate surface area is 216 Å². The second-order valence-corrected chi connectivity index (χ2v) is 10.8. The maximum absolute atomic E-state index is 13.7. The van der Waals surface area contributed by atoms with Gasteiger partial charge in [-0.1, -0.05) is 6.07 Å². The lowest BCUT2D eigenvalue weighted by molar-refractivity contribution is -0.122. The van der Waals surface area contributed by atoms with Gasteiger partial charge in [0.25, 0.3) is 15.9 Å². The molecule has 0 aromatic heterocycles. The molecule has 2 aliphatic heterocycles. The Morgan fingerprint density at radius 3 is 2.38 bits per heavy atom. The Bertz CT molecular complexity index is 1370. The zero-order valence-corrected chi connectivity index (χ0v) is 21.5. The quantitative estimate of drug-likeness (QED) is 0.529. The molecule has 1 saturated heterocycles. The number of fused-ring (bicyclic) bond motifs is 1. The minimum Gasteiger partial charge on any atom is -0.497 e. The molecule has 2 aliphatic rings. The van der Waals surface area contributed by atoms with Crippen molar-refractivity contribution in [3.63, 3.8) is 0 Å². The number of ether oxygens (including phenoxy) is 3. The fourth-order valence-electron chi connectivity index (χ4n) is 4.40. The van der Waals surface area contributed by atoms with Crippen LogP contribution in [0.5, 0.6) is 11.5 Å². The van der Waals surface area contributed by atoms with E-state index in [4.69, 9.17) is 14.2 Å². The van der Waals surface area contributed by atoms with Crippen molar-refractivity contribution in [3.05, 3.63) is 72.3 Å². The average molecular weight is 524 g/mol. The van der Waals surface area contributed by atoms with Gasteiger partial charge in [0.2, 0.25) is 0 Å². The van der Waals surface area contributed by atoms with Gasteiger partial charge in [0.1, 0.15) is 11.5 Å². The van der Waals surface area contributed by atoms with Gasteiger partial charge in [-0.15, -0.1) is 0 Å². The van der Waals surface area contributed by atoms with Crippen LogP contribution in [0.15, 0.2) is 71.6 Å². The summed E-state index contributed by atoms with van der Waals surface area (Å²) in [5.74, 6) is 0.450. The molecule has 37 heavy (non-hydrogen) atoms. The van der Waals surface area contributed by atoms with E-state index in [0.29, 0.717) is 36.1 Å². The van der Waals surface area contributed by atoms with E-state index in [0.717, 1.165) is 24.3 Å². The Kier molecular flexibility index (Phi) is 6.94. The first kappa shape index (κ1) is 24.9. The summed E-state index contributed by atoms with van der Waals surface area (Å²) in [7, 11) is -2.45. The SMILES string of the molecule is COc1ccc(S(=O)(=O)N2C[C@@H](C(=O)Nc3ccc(N4CCOCC4)cc3)Oc3ccc(C)cc32)cc1. The Morgan fingerprint density at radius 2 is 1.70 bits per heavy atom. The molecule has 10 heteroatoms. The van der Waals surface area contributed by atoms with Crippen LogP contribution in [0.4, 0.5) is 17.1 Å². The summed E-state index contributed by atoms with van der Waals surface area (Å²) in [6.07, 6.45) is -1.04. The highest BCUT2D eigenvalue weighted by Gasteiger charge is 2.37. The number of carbonyl (C=O) groups is 1. The van der Waals surface area contributed by atoms with Crippen molar-refractivity contribution in [1.82, 2.24) is 0 Å². The van der Waals surface area contributed by atoms with Gasteiger partial charge in [0.05, 0.1) is 37.5 Å². The Hall–Kier alpha value is -3.76. The molecule has 3 aromatic carbocycles. The van der Waals surface area contributed by atoms with Gasteiger partial charge in [-0.25, -0.2) is 8.42 Å². The van der Waals surface area contributed by atoms with E-state index in [1.54, 1.807) is 24.3 Å². The van der Waals surface area contributed by atoms with Crippen molar-refractivity contribution >= 4 is 33.0 Å². The number of anilines is 3. The van der Waals surface area contributed by atoms with Gasteiger partial charge in [0, 0.05) is 24.5 Å². The lowest BCUT2D eigenvalue weighted by Gasteiger charge is -2.35. The number of nitrogens with zero attached hydrogens (tertiary/aromatic N) is 2. The molecular formula is C27H29N3O6S. The van der Waals surface area contributed by atoms with Gasteiger partial charge in [-0.3, -0.25) is 9.10 Å². The number of sulfonamides is 1. The molecule has 9 nitrogen and oxygen atoms in total. The number of hydrogen-bond acceptors (Lipinski definition) is 7. The molecular weight excluding hydrogens is 494 g/mol. The number of amides is 1. The number of benzene rings is 3. The van der Waals surface area contributed by atoms with Crippen LogP contribution in [0, 0.1) is 6.92 Å². The molecule has 0 unspecified atom stereocenters. The van der Waals surface area contributed by atoms with Crippen LogP contribution < -0.4 is 24.0 Å². The third-order valence-electron chi connectivity index (χ3n) is 6.43. The highest BCUT2D eigenvalue weighted by Crippen LogP contribution is 2.38. The maximum atomic E-state index is 13.7. The molecule has 194 valence electrons. The lowest BCUT2D eigenvalue weighted by atomic mass is 10.1. The van der Waals surface area contributed by atoms with Crippen LogP contribution in [0.2, 0.25) is 0 Å². The molecule has 0 saturated carbocycles. The highest BCUT2D eigenvalue weighted by molar-refractivity contribution is 7.92. The van der Waals surface area contributed by atoms with Crippen molar-refractivity contribution in [3.8, 4) is 11.5 Å². The number of methoxy groups -OCH3 is 1. The van der Waals surface area contributed by atoms with E-state index < -0.39 is 22.0 Å². The summed E-state index contributed by atoms with van der Waals surface area (Å²) in [5, 5.41) is 2.87. The van der Waals surface area contributed by atoms with E-state index in [2.05, 4.69) is 10.2 Å². The molecule has 5 rings (SSSR count). The first-order chi connectivity index (χ1) is 17.8. The average Bonchev–Trinajstić information content (AvgIpc) is 2.93. The molecule has 2 heterocycles. The van der Waals surface area contributed by atoms with E-state index in [-0.39, 0.29) is 11.4 Å². The molecule has 0 spiro atoms. The smallest absolute Gasteiger partial charge is 0.267 e. The zero-order chi connectivity index (χ0) is 26.0. The van der Waals surface area contributed by atoms with Crippen LogP contribution in [0.1, 0.15) is 5.56 Å². The summed E-state index contributed by atoms with van der Waals surface area (Å²) in [6, 6.07) is 19.0. The minimum atomic E-state index is -3.97. The second-order valence-electron chi connectivity index (χ2n) is 8.92. The first-order valence-electron chi connectivity index (χ1n) is 12.0. The standard InChI is InChI=1S/C27H29N3O6S/c1-19-3-12-25-24(17-19)30(37(32,33)23-10-8-22(34-2)9-11-23)18-26(36-25)27(31)28-20-4-6-21(7-5-20)29-13-15-35-16-14-29/h3-12,17,26H,13-16,18H2,1-2H3,(H,28,31)/t26-/m0/s1. The van der Waals surface area contributed by atoms with Crippen LogP contribution in [0.25, 0.3) is 0 Å². The topological polar surface area (TPSA) is 97.4 Å². The van der Waals surface area contributed by atoms with Crippen molar-refractivity contribution < 1.29 is 27.4 Å². The predicted molar refractivity (Wildman–Crippen MR) is 141 cm³/mol. The number of hydrogen-bond donors (Lipinski definition) is 1. The van der Waals surface area contributed by atoms with E-state index in [9.17, 15) is 13.2 Å². The normalized spacial score (nSPS) is 17.5. The zero-order valence-electron chi connectivity index (χ0n) is 20.7. The fourth-order valence-corrected chi connectivity index (χ4v) is 5.87. The summed E-state index contributed by atoms with van der Waals surface area (Å²) in [4.78, 5) is 15.5. The summed E-state index contributed by atoms with van der Waals surface area (Å²) >= 11 is 0. The van der Waals surface area contributed by atoms with Crippen LogP contribution in [0.3, 0.4) is 0 Å². The lowest BCUT2D eigenvalue weighted by Crippen LogP contribution is -2.48. The molecule has 3 aromatic rings. The van der Waals surface area contributed by atoms with Gasteiger partial charge in [0.15, 0.2) is 6.10 Å². The van der Waals surface area contributed by atoms with E-state index >= 15 is 0 Å². The summed E-state index contributed by atoms with van der Waals surface area (Å²) in [5.41, 5.74) is 2.93. The van der Waals surface area contributed by atoms with E-state index in [1.807, 2.05) is 37.3 Å². The Balaban J connectivity index is 1.38. The molecule has 0 bridgehead atoms.